The first-order chi connectivity index (χ1) is 8.94. The van der Waals surface area contributed by atoms with E-state index in [1.54, 1.807) is 17.7 Å². The molecule has 0 amide bonds. The SMILES string of the molecule is CCCn1cc(S(=O)(=O)NCC(C)OC)cc1CO. The summed E-state index contributed by atoms with van der Waals surface area (Å²) in [6, 6.07) is 1.50. The van der Waals surface area contributed by atoms with E-state index >= 15 is 0 Å². The van der Waals surface area contributed by atoms with Crippen LogP contribution in [0.5, 0.6) is 0 Å². The number of aliphatic hydroxyl groups excluding tert-OH is 1. The number of hydrogen-bond acceptors (Lipinski definition) is 4. The summed E-state index contributed by atoms with van der Waals surface area (Å²) < 4.78 is 33.4. The number of methoxy groups -OCH3 is 1. The Hall–Kier alpha value is -0.890. The highest BCUT2D eigenvalue weighted by Gasteiger charge is 2.18. The maximum absolute atomic E-state index is 12.1. The van der Waals surface area contributed by atoms with E-state index in [0.29, 0.717) is 12.2 Å². The minimum Gasteiger partial charge on any atom is -0.390 e. The van der Waals surface area contributed by atoms with Crippen molar-refractivity contribution < 1.29 is 18.3 Å². The van der Waals surface area contributed by atoms with Gasteiger partial charge in [0.2, 0.25) is 10.0 Å². The van der Waals surface area contributed by atoms with Gasteiger partial charge in [0.15, 0.2) is 0 Å². The van der Waals surface area contributed by atoms with Crippen LogP contribution in [0.2, 0.25) is 0 Å². The fourth-order valence-electron chi connectivity index (χ4n) is 1.65. The Morgan fingerprint density at radius 3 is 2.74 bits per heavy atom. The summed E-state index contributed by atoms with van der Waals surface area (Å²) >= 11 is 0. The van der Waals surface area contributed by atoms with Gasteiger partial charge in [-0.05, 0) is 19.4 Å². The number of aromatic nitrogens is 1. The first-order valence-corrected chi connectivity index (χ1v) is 7.75. The van der Waals surface area contributed by atoms with Gasteiger partial charge >= 0.3 is 0 Å². The van der Waals surface area contributed by atoms with Crippen molar-refractivity contribution in [1.82, 2.24) is 9.29 Å². The monoisotopic (exact) mass is 290 g/mol. The predicted molar refractivity (Wildman–Crippen MR) is 72.3 cm³/mol. The molecule has 1 rings (SSSR count). The molecular weight excluding hydrogens is 268 g/mol. The van der Waals surface area contributed by atoms with E-state index in [4.69, 9.17) is 4.74 Å². The third-order valence-corrected chi connectivity index (χ3v) is 4.25. The Labute approximate surface area is 114 Å². The van der Waals surface area contributed by atoms with Gasteiger partial charge in [-0.25, -0.2) is 13.1 Å². The molecule has 1 aromatic heterocycles. The molecule has 0 saturated heterocycles. The van der Waals surface area contributed by atoms with E-state index < -0.39 is 10.0 Å². The van der Waals surface area contributed by atoms with Crippen LogP contribution in [0.4, 0.5) is 0 Å². The quantitative estimate of drug-likeness (QED) is 0.738. The molecule has 0 spiro atoms. The maximum atomic E-state index is 12.1. The Morgan fingerprint density at radius 2 is 2.21 bits per heavy atom. The van der Waals surface area contributed by atoms with Crippen LogP contribution in [-0.2, 0) is 27.9 Å². The molecule has 0 radical (unpaired) electrons. The summed E-state index contributed by atoms with van der Waals surface area (Å²) in [5.74, 6) is 0. The highest BCUT2D eigenvalue weighted by atomic mass is 32.2. The number of nitrogens with one attached hydrogen (secondary N) is 1. The molecule has 0 aliphatic carbocycles. The van der Waals surface area contributed by atoms with E-state index in [1.807, 2.05) is 6.92 Å². The summed E-state index contributed by atoms with van der Waals surface area (Å²) in [5.41, 5.74) is 0.599. The first kappa shape index (κ1) is 16.2. The van der Waals surface area contributed by atoms with Crippen LogP contribution in [0.1, 0.15) is 26.0 Å². The summed E-state index contributed by atoms with van der Waals surface area (Å²) in [5, 5.41) is 9.22. The molecule has 1 heterocycles. The molecule has 1 unspecified atom stereocenters. The molecular formula is C12H22N2O4S. The number of sulfonamides is 1. The van der Waals surface area contributed by atoms with E-state index in [0.717, 1.165) is 6.42 Å². The topological polar surface area (TPSA) is 80.6 Å². The van der Waals surface area contributed by atoms with Gasteiger partial charge in [0.1, 0.15) is 0 Å². The third-order valence-electron chi connectivity index (χ3n) is 2.86. The lowest BCUT2D eigenvalue weighted by Crippen LogP contribution is -2.31. The second-order valence-corrected chi connectivity index (χ2v) is 6.18. The van der Waals surface area contributed by atoms with Crippen molar-refractivity contribution in [2.45, 2.75) is 44.4 Å². The van der Waals surface area contributed by atoms with Crippen molar-refractivity contribution in [2.75, 3.05) is 13.7 Å². The molecule has 2 N–H and O–H groups in total. The molecule has 0 aromatic carbocycles. The largest absolute Gasteiger partial charge is 0.390 e. The molecule has 0 aliphatic rings. The highest BCUT2D eigenvalue weighted by Crippen LogP contribution is 2.15. The predicted octanol–water partition coefficient (Wildman–Crippen LogP) is 0.704. The van der Waals surface area contributed by atoms with Crippen molar-refractivity contribution >= 4 is 10.0 Å². The Balaban J connectivity index is 2.89. The van der Waals surface area contributed by atoms with Gasteiger partial charge in [0, 0.05) is 32.1 Å². The van der Waals surface area contributed by atoms with Crippen molar-refractivity contribution in [3.63, 3.8) is 0 Å². The van der Waals surface area contributed by atoms with Gasteiger partial charge in [0.25, 0.3) is 0 Å². The average molecular weight is 290 g/mol. The van der Waals surface area contributed by atoms with Crippen molar-refractivity contribution in [3.8, 4) is 0 Å². The zero-order valence-electron chi connectivity index (χ0n) is 11.6. The van der Waals surface area contributed by atoms with Crippen LogP contribution < -0.4 is 4.72 Å². The van der Waals surface area contributed by atoms with E-state index in [9.17, 15) is 13.5 Å². The van der Waals surface area contributed by atoms with E-state index in [-0.39, 0.29) is 24.2 Å². The standard InChI is InChI=1S/C12H22N2O4S/c1-4-5-14-8-12(6-11(14)9-15)19(16,17)13-7-10(2)18-3/h6,8,10,13,15H,4-5,7,9H2,1-3H3. The number of nitrogens with zero attached hydrogens (tertiary/aromatic N) is 1. The maximum Gasteiger partial charge on any atom is 0.242 e. The molecule has 0 bridgehead atoms. The van der Waals surface area contributed by atoms with Crippen LogP contribution >= 0.6 is 0 Å². The van der Waals surface area contributed by atoms with E-state index in [1.165, 1.54) is 13.2 Å². The molecule has 0 saturated carbocycles. The Bertz CT molecular complexity index is 496. The van der Waals surface area contributed by atoms with Crippen LogP contribution in [0.15, 0.2) is 17.2 Å². The third kappa shape index (κ3) is 4.31. The second kappa shape index (κ2) is 7.04. The smallest absolute Gasteiger partial charge is 0.242 e. The second-order valence-electron chi connectivity index (χ2n) is 4.42. The average Bonchev–Trinajstić information content (AvgIpc) is 2.80. The molecule has 0 aliphatic heterocycles. The summed E-state index contributed by atoms with van der Waals surface area (Å²) in [6.45, 7) is 4.49. The molecule has 19 heavy (non-hydrogen) atoms. The minimum atomic E-state index is -3.56. The lowest BCUT2D eigenvalue weighted by molar-refractivity contribution is 0.122. The van der Waals surface area contributed by atoms with Gasteiger partial charge in [0.05, 0.1) is 17.6 Å². The minimum absolute atomic E-state index is 0.174. The van der Waals surface area contributed by atoms with Gasteiger partial charge in [-0.3, -0.25) is 0 Å². The normalized spacial score (nSPS) is 13.7. The molecule has 1 atom stereocenters. The van der Waals surface area contributed by atoms with Gasteiger partial charge in [-0.1, -0.05) is 6.92 Å². The van der Waals surface area contributed by atoms with Gasteiger partial charge < -0.3 is 14.4 Å². The summed E-state index contributed by atoms with van der Waals surface area (Å²) in [4.78, 5) is 0.174. The highest BCUT2D eigenvalue weighted by molar-refractivity contribution is 7.89. The van der Waals surface area contributed by atoms with E-state index in [2.05, 4.69) is 4.72 Å². The van der Waals surface area contributed by atoms with Crippen molar-refractivity contribution in [3.05, 3.63) is 18.0 Å². The Kier molecular flexibility index (Phi) is 5.99. The fraction of sp³-hybridized carbons (Fsp3) is 0.667. The summed E-state index contributed by atoms with van der Waals surface area (Å²) in [7, 11) is -2.03. The molecule has 0 fully saturated rings. The van der Waals surface area contributed by atoms with Crippen LogP contribution in [0, 0.1) is 0 Å². The molecule has 7 heteroatoms. The first-order valence-electron chi connectivity index (χ1n) is 6.27. The molecule has 1 aromatic rings. The van der Waals surface area contributed by atoms with Crippen LogP contribution in [0.3, 0.4) is 0 Å². The lowest BCUT2D eigenvalue weighted by atomic mass is 10.4. The van der Waals surface area contributed by atoms with Crippen LogP contribution in [0.25, 0.3) is 0 Å². The summed E-state index contributed by atoms with van der Waals surface area (Å²) in [6.07, 6.45) is 2.23. The lowest BCUT2D eigenvalue weighted by Gasteiger charge is -2.10. The zero-order chi connectivity index (χ0) is 14.5. The van der Waals surface area contributed by atoms with Crippen molar-refractivity contribution in [1.29, 1.82) is 0 Å². The van der Waals surface area contributed by atoms with Gasteiger partial charge in [-0.15, -0.1) is 0 Å². The zero-order valence-corrected chi connectivity index (χ0v) is 12.4. The van der Waals surface area contributed by atoms with Crippen molar-refractivity contribution in [2.24, 2.45) is 0 Å². The number of ether oxygens (including phenoxy) is 1. The number of aliphatic hydroxyl groups is 1. The number of aryl methyl sites for hydroxylation is 1. The number of hydrogen-bond donors (Lipinski definition) is 2. The number of rotatable bonds is 8. The molecule has 110 valence electrons. The molecule has 6 nitrogen and oxygen atoms in total. The fourth-order valence-corrected chi connectivity index (χ4v) is 2.83. The van der Waals surface area contributed by atoms with Gasteiger partial charge in [-0.2, -0.15) is 0 Å². The Morgan fingerprint density at radius 1 is 1.53 bits per heavy atom. The van der Waals surface area contributed by atoms with Crippen LogP contribution in [-0.4, -0.2) is 37.8 Å².